The van der Waals surface area contributed by atoms with E-state index in [1.165, 1.54) is 0 Å². The van der Waals surface area contributed by atoms with Crippen molar-refractivity contribution in [3.8, 4) is 11.8 Å². The maximum atomic E-state index is 11.1. The molecular formula is C15H11BrN2O2. The molecular weight excluding hydrogens is 320 g/mol. The Kier molecular flexibility index (Phi) is 4.49. The van der Waals surface area contributed by atoms with E-state index in [0.717, 1.165) is 21.9 Å². The Morgan fingerprint density at radius 1 is 1.45 bits per heavy atom. The normalized spacial score (nSPS) is 9.85. The fourth-order valence-corrected chi connectivity index (χ4v) is 2.41. The van der Waals surface area contributed by atoms with Crippen LogP contribution in [0.5, 0.6) is 5.75 Å². The second kappa shape index (κ2) is 6.31. The first-order chi connectivity index (χ1) is 9.63. The van der Waals surface area contributed by atoms with E-state index in [0.29, 0.717) is 17.0 Å². The molecule has 0 saturated carbocycles. The number of aromatic nitrogens is 1. The highest BCUT2D eigenvalue weighted by molar-refractivity contribution is 9.10. The Hall–Kier alpha value is -2.19. The molecule has 4 nitrogen and oxygen atoms in total. The van der Waals surface area contributed by atoms with Crippen molar-refractivity contribution in [3.05, 3.63) is 57.3 Å². The molecule has 2 aromatic rings. The van der Waals surface area contributed by atoms with Gasteiger partial charge in [0.2, 0.25) is 0 Å². The van der Waals surface area contributed by atoms with E-state index in [1.807, 2.05) is 19.1 Å². The summed E-state index contributed by atoms with van der Waals surface area (Å²) in [4.78, 5) is 15.0. The summed E-state index contributed by atoms with van der Waals surface area (Å²) >= 11 is 3.34. The lowest BCUT2D eigenvalue weighted by Gasteiger charge is -2.12. The number of aldehydes is 1. The molecule has 2 rings (SSSR count). The fourth-order valence-electron chi connectivity index (χ4n) is 1.82. The number of benzene rings is 1. The van der Waals surface area contributed by atoms with Crippen LogP contribution in [0.3, 0.4) is 0 Å². The molecule has 1 aromatic carbocycles. The highest BCUT2D eigenvalue weighted by Crippen LogP contribution is 2.27. The number of hydrogen-bond donors (Lipinski definition) is 0. The third-order valence-corrected chi connectivity index (χ3v) is 3.18. The molecule has 0 aliphatic rings. The Balaban J connectivity index is 2.23. The van der Waals surface area contributed by atoms with E-state index in [-0.39, 0.29) is 6.61 Å². The van der Waals surface area contributed by atoms with Crippen molar-refractivity contribution in [1.82, 2.24) is 4.98 Å². The van der Waals surface area contributed by atoms with Crippen molar-refractivity contribution in [2.45, 2.75) is 13.5 Å². The maximum Gasteiger partial charge on any atom is 0.153 e. The van der Waals surface area contributed by atoms with E-state index >= 15 is 0 Å². The van der Waals surface area contributed by atoms with Gasteiger partial charge in [0.15, 0.2) is 6.29 Å². The van der Waals surface area contributed by atoms with Crippen molar-refractivity contribution in [2.75, 3.05) is 0 Å². The number of carbonyl (C=O) groups is 1. The molecule has 5 heteroatoms. The van der Waals surface area contributed by atoms with Crippen LogP contribution in [-0.4, -0.2) is 11.3 Å². The molecule has 0 aliphatic carbocycles. The van der Waals surface area contributed by atoms with Crippen molar-refractivity contribution >= 4 is 22.2 Å². The molecule has 100 valence electrons. The first-order valence-electron chi connectivity index (χ1n) is 5.87. The molecule has 0 fully saturated rings. The van der Waals surface area contributed by atoms with Gasteiger partial charge in [0.25, 0.3) is 0 Å². The van der Waals surface area contributed by atoms with Gasteiger partial charge in [-0.1, -0.05) is 15.9 Å². The summed E-state index contributed by atoms with van der Waals surface area (Å²) in [5.41, 5.74) is 2.53. The van der Waals surface area contributed by atoms with Gasteiger partial charge in [-0.2, -0.15) is 5.26 Å². The van der Waals surface area contributed by atoms with Crippen molar-refractivity contribution in [3.63, 3.8) is 0 Å². The minimum absolute atomic E-state index is 0.278. The van der Waals surface area contributed by atoms with Crippen LogP contribution >= 0.6 is 15.9 Å². The summed E-state index contributed by atoms with van der Waals surface area (Å²) in [6.45, 7) is 2.15. The number of ether oxygens (including phenoxy) is 1. The maximum absolute atomic E-state index is 11.1. The quantitative estimate of drug-likeness (QED) is 0.806. The number of nitrogens with zero attached hydrogens (tertiary/aromatic N) is 2. The second-order valence-electron chi connectivity index (χ2n) is 4.21. The molecule has 20 heavy (non-hydrogen) atoms. The molecule has 0 atom stereocenters. The summed E-state index contributed by atoms with van der Waals surface area (Å²) in [6.07, 6.45) is 2.33. The smallest absolute Gasteiger partial charge is 0.153 e. The van der Waals surface area contributed by atoms with E-state index in [2.05, 4.69) is 20.9 Å². The number of aryl methyl sites for hydroxylation is 1. The van der Waals surface area contributed by atoms with Crippen LogP contribution < -0.4 is 4.74 Å². The molecule has 1 heterocycles. The van der Waals surface area contributed by atoms with Crippen LogP contribution in [0.1, 0.15) is 27.2 Å². The minimum Gasteiger partial charge on any atom is -0.488 e. The highest BCUT2D eigenvalue weighted by Gasteiger charge is 2.09. The number of nitriles is 1. The Labute approximate surface area is 125 Å². The van der Waals surface area contributed by atoms with Gasteiger partial charge >= 0.3 is 0 Å². The fraction of sp³-hybridized carbons (Fsp3) is 0.133. The Morgan fingerprint density at radius 3 is 2.95 bits per heavy atom. The molecule has 0 spiro atoms. The predicted molar refractivity (Wildman–Crippen MR) is 77.6 cm³/mol. The highest BCUT2D eigenvalue weighted by atomic mass is 79.9. The monoisotopic (exact) mass is 330 g/mol. The second-order valence-corrected chi connectivity index (χ2v) is 5.12. The predicted octanol–water partition coefficient (Wildman–Crippen LogP) is 3.42. The zero-order valence-electron chi connectivity index (χ0n) is 10.8. The van der Waals surface area contributed by atoms with E-state index in [9.17, 15) is 4.79 Å². The summed E-state index contributed by atoms with van der Waals surface area (Å²) in [5.74, 6) is 0.554. The molecule has 0 bridgehead atoms. The number of pyridine rings is 1. The van der Waals surface area contributed by atoms with Crippen LogP contribution in [0.25, 0.3) is 0 Å². The molecule has 0 unspecified atom stereocenters. The van der Waals surface area contributed by atoms with Crippen LogP contribution in [-0.2, 0) is 6.61 Å². The number of rotatable bonds is 4. The zero-order valence-corrected chi connectivity index (χ0v) is 12.3. The largest absolute Gasteiger partial charge is 0.488 e. The van der Waals surface area contributed by atoms with E-state index in [1.54, 1.807) is 24.4 Å². The van der Waals surface area contributed by atoms with Crippen LogP contribution in [0.4, 0.5) is 0 Å². The van der Waals surface area contributed by atoms with Gasteiger partial charge in [0.05, 0.1) is 5.56 Å². The van der Waals surface area contributed by atoms with Gasteiger partial charge < -0.3 is 4.74 Å². The standard InChI is InChI=1S/C15H11BrN2O2/c1-10-4-13(16)6-12(8-19)15(10)20-9-11-2-3-18-14(5-11)7-17/h2-6,8H,9H2,1H3. The lowest BCUT2D eigenvalue weighted by atomic mass is 10.1. The van der Waals surface area contributed by atoms with Crippen LogP contribution in [0.15, 0.2) is 34.9 Å². The topological polar surface area (TPSA) is 63.0 Å². The summed E-state index contributed by atoms with van der Waals surface area (Å²) in [6, 6.07) is 9.01. The summed E-state index contributed by atoms with van der Waals surface area (Å²) in [7, 11) is 0. The number of hydrogen-bond acceptors (Lipinski definition) is 4. The van der Waals surface area contributed by atoms with Crippen LogP contribution in [0.2, 0.25) is 0 Å². The third kappa shape index (κ3) is 3.22. The molecule has 0 aliphatic heterocycles. The Morgan fingerprint density at radius 2 is 2.25 bits per heavy atom. The number of carbonyl (C=O) groups excluding carboxylic acids is 1. The molecule has 0 amide bonds. The van der Waals surface area contributed by atoms with Gasteiger partial charge in [0.1, 0.15) is 24.1 Å². The molecule has 0 radical (unpaired) electrons. The first kappa shape index (κ1) is 14.2. The average molecular weight is 331 g/mol. The van der Waals surface area contributed by atoms with E-state index < -0.39 is 0 Å². The van der Waals surface area contributed by atoms with Gasteiger partial charge in [-0.15, -0.1) is 0 Å². The van der Waals surface area contributed by atoms with Gasteiger partial charge in [-0.25, -0.2) is 4.98 Å². The van der Waals surface area contributed by atoms with Crippen molar-refractivity contribution in [2.24, 2.45) is 0 Å². The summed E-state index contributed by atoms with van der Waals surface area (Å²) in [5, 5.41) is 8.80. The summed E-state index contributed by atoms with van der Waals surface area (Å²) < 4.78 is 6.54. The van der Waals surface area contributed by atoms with Crippen LogP contribution in [0, 0.1) is 18.3 Å². The molecule has 0 saturated heterocycles. The van der Waals surface area contributed by atoms with Crippen molar-refractivity contribution < 1.29 is 9.53 Å². The Bertz CT molecular complexity index is 693. The average Bonchev–Trinajstić information content (AvgIpc) is 2.45. The van der Waals surface area contributed by atoms with E-state index in [4.69, 9.17) is 10.00 Å². The molecule has 0 N–H and O–H groups in total. The number of halogens is 1. The van der Waals surface area contributed by atoms with Crippen molar-refractivity contribution in [1.29, 1.82) is 5.26 Å². The molecule has 1 aromatic heterocycles. The zero-order chi connectivity index (χ0) is 14.5. The first-order valence-corrected chi connectivity index (χ1v) is 6.66. The SMILES string of the molecule is Cc1cc(Br)cc(C=O)c1OCc1ccnc(C#N)c1. The van der Waals surface area contributed by atoms with Gasteiger partial charge in [0, 0.05) is 10.7 Å². The minimum atomic E-state index is 0.278. The van der Waals surface area contributed by atoms with Gasteiger partial charge in [-0.05, 0) is 42.3 Å². The lowest BCUT2D eigenvalue weighted by Crippen LogP contribution is -2.01. The third-order valence-electron chi connectivity index (χ3n) is 2.72. The van der Waals surface area contributed by atoms with Gasteiger partial charge in [-0.3, -0.25) is 4.79 Å². The lowest BCUT2D eigenvalue weighted by molar-refractivity contribution is 0.111.